The molecule has 3 nitrogen and oxygen atoms in total. The van der Waals surface area contributed by atoms with Crippen molar-refractivity contribution in [3.63, 3.8) is 0 Å². The van der Waals surface area contributed by atoms with Crippen molar-refractivity contribution in [3.05, 3.63) is 255 Å². The van der Waals surface area contributed by atoms with Crippen LogP contribution in [0.25, 0.3) is 105 Å². The summed E-state index contributed by atoms with van der Waals surface area (Å²) in [5, 5.41) is 7.23. The molecule has 2 heterocycles. The molecule has 0 unspecified atom stereocenters. The first-order valence-electron chi connectivity index (χ1n) is 22.9. The molecule has 0 aliphatic rings. The predicted octanol–water partition coefficient (Wildman–Crippen LogP) is 18.0. The minimum Gasteiger partial charge on any atom is -0.455 e. The molecule has 0 atom stereocenters. The quantitative estimate of drug-likeness (QED) is 0.152. The number of fused-ring (bicyclic) bond motifs is 7. The molecule has 2 aromatic heterocycles. The molecule has 11 aromatic carbocycles. The molecule has 0 saturated carbocycles. The third kappa shape index (κ3) is 6.59. The number of benzene rings is 11. The lowest BCUT2D eigenvalue weighted by molar-refractivity contribution is 0.670. The van der Waals surface area contributed by atoms with Gasteiger partial charge in [-0.2, -0.15) is 0 Å². The minimum atomic E-state index is 0.900. The van der Waals surface area contributed by atoms with E-state index in [-0.39, 0.29) is 0 Å². The normalized spacial score (nSPS) is 11.6. The number of hydrogen-bond acceptors (Lipinski definition) is 2. The molecule has 0 fully saturated rings. The van der Waals surface area contributed by atoms with E-state index in [0.29, 0.717) is 0 Å². The molecule has 0 amide bonds. The van der Waals surface area contributed by atoms with Crippen molar-refractivity contribution in [3.8, 4) is 50.2 Å². The third-order valence-corrected chi connectivity index (χ3v) is 13.4. The lowest BCUT2D eigenvalue weighted by Crippen LogP contribution is -2.10. The van der Waals surface area contributed by atoms with Crippen molar-refractivity contribution in [2.45, 2.75) is 0 Å². The van der Waals surface area contributed by atoms with Crippen molar-refractivity contribution >= 4 is 71.6 Å². The van der Waals surface area contributed by atoms with Gasteiger partial charge in [-0.15, -0.1) is 0 Å². The molecule has 0 N–H and O–H groups in total. The van der Waals surface area contributed by atoms with Gasteiger partial charge in [-0.05, 0) is 105 Å². The lowest BCUT2D eigenvalue weighted by atomic mass is 9.97. The van der Waals surface area contributed by atoms with Crippen LogP contribution >= 0.6 is 0 Å². The zero-order chi connectivity index (χ0) is 44.3. The van der Waals surface area contributed by atoms with Crippen molar-refractivity contribution < 1.29 is 4.42 Å². The Morgan fingerprint density at radius 2 is 0.776 bits per heavy atom. The van der Waals surface area contributed by atoms with E-state index in [1.807, 2.05) is 12.1 Å². The maximum absolute atomic E-state index is 6.47. The van der Waals surface area contributed by atoms with Gasteiger partial charge >= 0.3 is 0 Å². The number of nitrogens with zero attached hydrogens (tertiary/aromatic N) is 2. The summed E-state index contributed by atoms with van der Waals surface area (Å²) in [6.45, 7) is 0. The second-order valence-electron chi connectivity index (χ2n) is 17.3. The fraction of sp³-hybridized carbons (Fsp3) is 0. The standard InChI is InChI=1S/C64H42N2O/c1-2-14-43(15-3-1)48-34-41-54(62(42-48)66-60-25-9-6-19-56(60)57-20-7-10-26-61(57)66)46-30-37-50(38-31-46)65(49-35-28-45(29-36-49)53-22-12-17-44-16-4-5-18-52(44)53)51-39-32-47(33-40-51)55-23-13-24-59-58-21-8-11-27-63(58)67-64(55)59/h1-42H. The molecule has 13 aromatic rings. The van der Waals surface area contributed by atoms with Crippen LogP contribution in [0.2, 0.25) is 0 Å². The number of rotatable bonds is 8. The summed E-state index contributed by atoms with van der Waals surface area (Å²) in [7, 11) is 0. The molecule has 0 saturated heterocycles. The zero-order valence-electron chi connectivity index (χ0n) is 36.6. The van der Waals surface area contributed by atoms with Crippen LogP contribution in [0.1, 0.15) is 0 Å². The predicted molar refractivity (Wildman–Crippen MR) is 282 cm³/mol. The van der Waals surface area contributed by atoms with Gasteiger partial charge in [0.2, 0.25) is 0 Å². The molecule has 0 aliphatic carbocycles. The molecule has 0 spiro atoms. The summed E-state index contributed by atoms with van der Waals surface area (Å²) >= 11 is 0. The first-order chi connectivity index (χ1) is 33.2. The van der Waals surface area contributed by atoms with Crippen molar-refractivity contribution in [2.24, 2.45) is 0 Å². The first kappa shape index (κ1) is 38.5. The molecule has 0 bridgehead atoms. The Morgan fingerprint density at radius 1 is 0.299 bits per heavy atom. The summed E-state index contributed by atoms with van der Waals surface area (Å²) in [5.74, 6) is 0. The highest BCUT2D eigenvalue weighted by atomic mass is 16.3. The number of hydrogen-bond donors (Lipinski definition) is 0. The van der Waals surface area contributed by atoms with Gasteiger partial charge in [0.25, 0.3) is 0 Å². The summed E-state index contributed by atoms with van der Waals surface area (Å²) < 4.78 is 8.91. The number of furan rings is 1. The third-order valence-electron chi connectivity index (χ3n) is 13.4. The Balaban J connectivity index is 0.937. The molecule has 67 heavy (non-hydrogen) atoms. The summed E-state index contributed by atoms with van der Waals surface area (Å²) in [6, 6.07) is 91.9. The van der Waals surface area contributed by atoms with E-state index in [9.17, 15) is 0 Å². The second kappa shape index (κ2) is 16.0. The first-order valence-corrected chi connectivity index (χ1v) is 22.9. The van der Waals surface area contributed by atoms with Crippen molar-refractivity contribution in [1.29, 1.82) is 0 Å². The SMILES string of the molecule is c1ccc(-c2ccc(-c3ccc(N(c4ccc(-c5cccc6ccccc56)cc4)c4ccc(-c5cccc6c5oc5ccccc56)cc4)cc3)c(-n3c4ccccc4c4ccccc43)c2)cc1. The van der Waals surface area contributed by atoms with Gasteiger partial charge in [-0.25, -0.2) is 0 Å². The monoisotopic (exact) mass is 854 g/mol. The van der Waals surface area contributed by atoms with E-state index in [1.54, 1.807) is 0 Å². The Morgan fingerprint density at radius 3 is 1.45 bits per heavy atom. The number of aromatic nitrogens is 1. The lowest BCUT2D eigenvalue weighted by Gasteiger charge is -2.26. The van der Waals surface area contributed by atoms with Crippen LogP contribution in [0.4, 0.5) is 17.1 Å². The van der Waals surface area contributed by atoms with E-state index in [4.69, 9.17) is 4.42 Å². The fourth-order valence-electron chi connectivity index (χ4n) is 10.2. The van der Waals surface area contributed by atoms with Crippen LogP contribution in [-0.4, -0.2) is 4.57 Å². The molecule has 0 aliphatic heterocycles. The van der Waals surface area contributed by atoms with Crippen LogP contribution in [0.15, 0.2) is 259 Å². The Labute approximate surface area is 388 Å². The van der Waals surface area contributed by atoms with E-state index < -0.39 is 0 Å². The maximum atomic E-state index is 6.47. The summed E-state index contributed by atoms with van der Waals surface area (Å²) in [5.41, 5.74) is 17.8. The number of anilines is 3. The van der Waals surface area contributed by atoms with Gasteiger partial charge in [-0.3, -0.25) is 0 Å². The molecule has 314 valence electrons. The average molecular weight is 855 g/mol. The summed E-state index contributed by atoms with van der Waals surface area (Å²) in [6.07, 6.45) is 0. The van der Waals surface area contributed by atoms with Crippen LogP contribution in [-0.2, 0) is 0 Å². The topological polar surface area (TPSA) is 21.3 Å². The van der Waals surface area contributed by atoms with Gasteiger partial charge in [0.05, 0.1) is 16.7 Å². The summed E-state index contributed by atoms with van der Waals surface area (Å²) in [4.78, 5) is 2.36. The van der Waals surface area contributed by atoms with Gasteiger partial charge in [-0.1, -0.05) is 194 Å². The van der Waals surface area contributed by atoms with Gasteiger partial charge in [0.15, 0.2) is 0 Å². The highest BCUT2D eigenvalue weighted by Crippen LogP contribution is 2.43. The molecular weight excluding hydrogens is 813 g/mol. The Bertz CT molecular complexity index is 3900. The van der Waals surface area contributed by atoms with Crippen molar-refractivity contribution in [2.75, 3.05) is 4.90 Å². The highest BCUT2D eigenvalue weighted by Gasteiger charge is 2.19. The Hall–Kier alpha value is -8.92. The molecule has 13 rings (SSSR count). The minimum absolute atomic E-state index is 0.900. The van der Waals surface area contributed by atoms with E-state index >= 15 is 0 Å². The highest BCUT2D eigenvalue weighted by molar-refractivity contribution is 6.11. The van der Waals surface area contributed by atoms with E-state index in [0.717, 1.165) is 66.9 Å². The zero-order valence-corrected chi connectivity index (χ0v) is 36.6. The van der Waals surface area contributed by atoms with Gasteiger partial charge < -0.3 is 13.9 Å². The van der Waals surface area contributed by atoms with Gasteiger partial charge in [0.1, 0.15) is 11.2 Å². The Kier molecular flexibility index (Phi) is 9.17. The van der Waals surface area contributed by atoms with E-state index in [1.165, 1.54) is 54.8 Å². The maximum Gasteiger partial charge on any atom is 0.143 e. The number of para-hydroxylation sites is 4. The van der Waals surface area contributed by atoms with Gasteiger partial charge in [0, 0.05) is 49.7 Å². The van der Waals surface area contributed by atoms with Crippen LogP contribution in [0.3, 0.4) is 0 Å². The average Bonchev–Trinajstić information content (AvgIpc) is 3.96. The van der Waals surface area contributed by atoms with Crippen LogP contribution in [0.5, 0.6) is 0 Å². The van der Waals surface area contributed by atoms with Crippen LogP contribution in [0, 0.1) is 0 Å². The largest absolute Gasteiger partial charge is 0.455 e. The molecule has 0 radical (unpaired) electrons. The van der Waals surface area contributed by atoms with Crippen molar-refractivity contribution in [1.82, 2.24) is 4.57 Å². The van der Waals surface area contributed by atoms with E-state index in [2.05, 4.69) is 252 Å². The molecule has 3 heteroatoms. The second-order valence-corrected chi connectivity index (χ2v) is 17.3. The molecular formula is C64H42N2O. The smallest absolute Gasteiger partial charge is 0.143 e. The fourth-order valence-corrected chi connectivity index (χ4v) is 10.2. The van der Waals surface area contributed by atoms with Crippen LogP contribution < -0.4 is 4.90 Å².